The lowest BCUT2D eigenvalue weighted by Crippen LogP contribution is -1.84. The number of oxazole rings is 1. The molecule has 19 heavy (non-hydrogen) atoms. The number of rotatable bonds is 4. The smallest absolute Gasteiger partial charge is 0.194 e. The van der Waals surface area contributed by atoms with Gasteiger partial charge in [0.15, 0.2) is 11.7 Å². The molecule has 0 aromatic carbocycles. The summed E-state index contributed by atoms with van der Waals surface area (Å²) in [6.07, 6.45) is 10.1. The molecule has 0 radical (unpaired) electrons. The Bertz CT molecular complexity index is 523. The number of nitrogens with zero attached hydrogens (tertiary/aromatic N) is 1. The Labute approximate surface area is 122 Å². The molecule has 0 fully saturated rings. The maximum Gasteiger partial charge on any atom is 0.194 e. The van der Waals surface area contributed by atoms with E-state index in [-0.39, 0.29) is 0 Å². The van der Waals surface area contributed by atoms with Gasteiger partial charge in [0.2, 0.25) is 0 Å². The molecule has 0 saturated heterocycles. The normalized spacial score (nSPS) is 15.2. The van der Waals surface area contributed by atoms with E-state index in [1.54, 1.807) is 4.88 Å². The quantitative estimate of drug-likeness (QED) is 0.595. The highest BCUT2D eigenvalue weighted by Gasteiger charge is 2.15. The summed E-state index contributed by atoms with van der Waals surface area (Å²) in [5.41, 5.74) is 1.52. The van der Waals surface area contributed by atoms with Crippen LogP contribution in [0.5, 0.6) is 0 Å². The number of halogens is 1. The van der Waals surface area contributed by atoms with Crippen LogP contribution in [0.15, 0.2) is 16.7 Å². The molecule has 0 bridgehead atoms. The molecule has 4 heteroatoms. The fraction of sp³-hybridized carbons (Fsp3) is 0.533. The first-order valence-electron chi connectivity index (χ1n) is 6.99. The van der Waals surface area contributed by atoms with Crippen LogP contribution in [-0.4, -0.2) is 10.9 Å². The summed E-state index contributed by atoms with van der Waals surface area (Å²) >= 11 is 7.57. The zero-order valence-electron chi connectivity index (χ0n) is 11.0. The molecule has 2 aromatic rings. The first-order chi connectivity index (χ1) is 9.36. The van der Waals surface area contributed by atoms with Gasteiger partial charge in [-0.05, 0) is 43.7 Å². The van der Waals surface area contributed by atoms with Gasteiger partial charge in [0.1, 0.15) is 0 Å². The molecule has 0 spiro atoms. The van der Waals surface area contributed by atoms with E-state index >= 15 is 0 Å². The summed E-state index contributed by atoms with van der Waals surface area (Å²) in [7, 11) is 0. The van der Waals surface area contributed by atoms with Crippen molar-refractivity contribution in [3.63, 3.8) is 0 Å². The van der Waals surface area contributed by atoms with Crippen molar-refractivity contribution in [2.45, 2.75) is 44.9 Å². The molecule has 0 saturated carbocycles. The van der Waals surface area contributed by atoms with E-state index in [2.05, 4.69) is 11.1 Å². The third-order valence-electron chi connectivity index (χ3n) is 3.57. The van der Waals surface area contributed by atoms with Gasteiger partial charge in [0.25, 0.3) is 0 Å². The first kappa shape index (κ1) is 13.2. The second kappa shape index (κ2) is 6.10. The van der Waals surface area contributed by atoms with Crippen LogP contribution in [0.2, 0.25) is 0 Å². The molecule has 0 aliphatic heterocycles. The Balaban J connectivity index is 1.80. The number of hydrogen-bond acceptors (Lipinski definition) is 3. The predicted octanol–water partition coefficient (Wildman–Crippen LogP) is 4.84. The Morgan fingerprint density at radius 3 is 3.05 bits per heavy atom. The Kier molecular flexibility index (Phi) is 4.24. The predicted molar refractivity (Wildman–Crippen MR) is 80.1 cm³/mol. The third-order valence-corrected chi connectivity index (χ3v) is 5.09. The summed E-state index contributed by atoms with van der Waals surface area (Å²) in [6.45, 7) is 0. The molecule has 3 rings (SSSR count). The highest BCUT2D eigenvalue weighted by molar-refractivity contribution is 7.15. The van der Waals surface area contributed by atoms with Crippen molar-refractivity contribution in [3.05, 3.63) is 28.6 Å². The van der Waals surface area contributed by atoms with Gasteiger partial charge in [0, 0.05) is 17.2 Å². The van der Waals surface area contributed by atoms with E-state index < -0.39 is 0 Å². The SMILES string of the molecule is ClCCCc1ncc(-c2cc3c(s2)CCCCC3)o1. The van der Waals surface area contributed by atoms with E-state index in [1.165, 1.54) is 42.5 Å². The minimum absolute atomic E-state index is 0.658. The molecule has 102 valence electrons. The van der Waals surface area contributed by atoms with Crippen molar-refractivity contribution < 1.29 is 4.42 Å². The van der Waals surface area contributed by atoms with Crippen LogP contribution in [0.25, 0.3) is 10.6 Å². The van der Waals surface area contributed by atoms with Gasteiger partial charge < -0.3 is 4.42 Å². The van der Waals surface area contributed by atoms with E-state index in [1.807, 2.05) is 17.5 Å². The molecule has 0 N–H and O–H groups in total. The van der Waals surface area contributed by atoms with Crippen molar-refractivity contribution >= 4 is 22.9 Å². The number of aromatic nitrogens is 1. The number of aryl methyl sites for hydroxylation is 3. The molecule has 2 aromatic heterocycles. The lowest BCUT2D eigenvalue weighted by Gasteiger charge is -1.93. The monoisotopic (exact) mass is 295 g/mol. The van der Waals surface area contributed by atoms with Gasteiger partial charge in [-0.25, -0.2) is 4.98 Å². The van der Waals surface area contributed by atoms with Crippen LogP contribution in [0.3, 0.4) is 0 Å². The van der Waals surface area contributed by atoms with Crippen molar-refractivity contribution in [1.29, 1.82) is 0 Å². The first-order valence-corrected chi connectivity index (χ1v) is 8.34. The molecular formula is C15H18ClNOS. The van der Waals surface area contributed by atoms with Crippen LogP contribution in [0.4, 0.5) is 0 Å². The molecule has 0 atom stereocenters. The molecule has 0 amide bonds. The molecular weight excluding hydrogens is 278 g/mol. The van der Waals surface area contributed by atoms with E-state index in [0.717, 1.165) is 24.5 Å². The van der Waals surface area contributed by atoms with Crippen LogP contribution in [-0.2, 0) is 19.3 Å². The Morgan fingerprint density at radius 2 is 2.16 bits per heavy atom. The van der Waals surface area contributed by atoms with Crippen LogP contribution < -0.4 is 0 Å². The maximum atomic E-state index is 5.82. The van der Waals surface area contributed by atoms with E-state index in [9.17, 15) is 0 Å². The van der Waals surface area contributed by atoms with Crippen molar-refractivity contribution in [2.24, 2.45) is 0 Å². The summed E-state index contributed by atoms with van der Waals surface area (Å²) in [5, 5.41) is 0. The summed E-state index contributed by atoms with van der Waals surface area (Å²) < 4.78 is 5.82. The van der Waals surface area contributed by atoms with Gasteiger partial charge in [-0.1, -0.05) is 6.42 Å². The van der Waals surface area contributed by atoms with E-state index in [4.69, 9.17) is 16.0 Å². The fourth-order valence-corrected chi connectivity index (χ4v) is 3.88. The highest BCUT2D eigenvalue weighted by Crippen LogP contribution is 2.35. The standard InChI is InChI=1S/C15H18ClNOS/c16-8-4-7-15-17-10-12(18-15)14-9-11-5-2-1-3-6-13(11)19-14/h9-10H,1-8H2. The second-order valence-corrected chi connectivity index (χ2v) is 6.55. The second-order valence-electron chi connectivity index (χ2n) is 5.03. The van der Waals surface area contributed by atoms with Crippen LogP contribution in [0, 0.1) is 0 Å². The molecule has 1 aliphatic rings. The molecule has 0 unspecified atom stereocenters. The maximum absolute atomic E-state index is 5.82. The topological polar surface area (TPSA) is 26.0 Å². The summed E-state index contributed by atoms with van der Waals surface area (Å²) in [4.78, 5) is 7.12. The van der Waals surface area contributed by atoms with Gasteiger partial charge >= 0.3 is 0 Å². The van der Waals surface area contributed by atoms with Gasteiger partial charge in [-0.15, -0.1) is 22.9 Å². The highest BCUT2D eigenvalue weighted by atomic mass is 35.5. The van der Waals surface area contributed by atoms with Crippen LogP contribution in [0.1, 0.15) is 42.0 Å². The average Bonchev–Trinajstić information content (AvgIpc) is 2.99. The number of fused-ring (bicyclic) bond motifs is 1. The minimum Gasteiger partial charge on any atom is -0.440 e. The minimum atomic E-state index is 0.658. The van der Waals surface area contributed by atoms with Gasteiger partial charge in [-0.2, -0.15) is 0 Å². The van der Waals surface area contributed by atoms with Crippen LogP contribution >= 0.6 is 22.9 Å². The Hall–Kier alpha value is -0.800. The molecule has 1 aliphatic carbocycles. The zero-order chi connectivity index (χ0) is 13.1. The molecule has 2 heterocycles. The number of thiophene rings is 1. The number of alkyl halides is 1. The largest absolute Gasteiger partial charge is 0.440 e. The zero-order valence-corrected chi connectivity index (χ0v) is 12.5. The van der Waals surface area contributed by atoms with Gasteiger partial charge in [0.05, 0.1) is 11.1 Å². The van der Waals surface area contributed by atoms with Gasteiger partial charge in [-0.3, -0.25) is 0 Å². The third kappa shape index (κ3) is 3.03. The van der Waals surface area contributed by atoms with Crippen molar-refractivity contribution in [2.75, 3.05) is 5.88 Å². The summed E-state index contributed by atoms with van der Waals surface area (Å²) in [6, 6.07) is 2.30. The van der Waals surface area contributed by atoms with Crippen molar-refractivity contribution in [1.82, 2.24) is 4.98 Å². The van der Waals surface area contributed by atoms with E-state index in [0.29, 0.717) is 5.88 Å². The number of hydrogen-bond donors (Lipinski definition) is 0. The lowest BCUT2D eigenvalue weighted by molar-refractivity contribution is 0.504. The Morgan fingerprint density at radius 1 is 1.26 bits per heavy atom. The average molecular weight is 296 g/mol. The fourth-order valence-electron chi connectivity index (χ4n) is 2.55. The molecule has 2 nitrogen and oxygen atoms in total. The summed E-state index contributed by atoms with van der Waals surface area (Å²) in [5.74, 6) is 2.38. The lowest BCUT2D eigenvalue weighted by atomic mass is 10.1. The van der Waals surface area contributed by atoms with Crippen molar-refractivity contribution in [3.8, 4) is 10.6 Å².